The summed E-state index contributed by atoms with van der Waals surface area (Å²) in [6.45, 7) is 5.07. The minimum Gasteiger partial charge on any atom is -0.461 e. The second-order valence-electron chi connectivity index (χ2n) is 3.82. The molecule has 0 radical (unpaired) electrons. The molecule has 0 bridgehead atoms. The van der Waals surface area contributed by atoms with Crippen molar-refractivity contribution in [2.75, 3.05) is 37.8 Å². The molecule has 1 saturated heterocycles. The van der Waals surface area contributed by atoms with E-state index in [4.69, 9.17) is 9.47 Å². The van der Waals surface area contributed by atoms with Gasteiger partial charge in [0.15, 0.2) is 5.69 Å². The van der Waals surface area contributed by atoms with Crippen LogP contribution in [-0.2, 0) is 16.5 Å². The number of carbonyl (C=O) groups is 1. The number of aryl methyl sites for hydroxylation is 1. The van der Waals surface area contributed by atoms with E-state index >= 15 is 0 Å². The number of esters is 1. The Balaban J connectivity index is 2.24. The van der Waals surface area contributed by atoms with Gasteiger partial charge in [0.05, 0.1) is 31.7 Å². The van der Waals surface area contributed by atoms with E-state index < -0.39 is 0 Å². The Kier molecular flexibility index (Phi) is 3.63. The van der Waals surface area contributed by atoms with Gasteiger partial charge in [-0.15, -0.1) is 0 Å². The number of nitrogens with zero attached hydrogens (tertiary/aromatic N) is 3. The SMILES string of the molecule is CCOC(=O)c1c(N2CCOCC2)cnn1C. The molecule has 1 aliphatic heterocycles. The van der Waals surface area contributed by atoms with Crippen molar-refractivity contribution in [2.24, 2.45) is 7.05 Å². The van der Waals surface area contributed by atoms with Gasteiger partial charge in [0.25, 0.3) is 0 Å². The molecule has 94 valence electrons. The normalized spacial score (nSPS) is 16.0. The molecule has 0 amide bonds. The molecule has 0 aromatic carbocycles. The van der Waals surface area contributed by atoms with Crippen LogP contribution >= 0.6 is 0 Å². The first kappa shape index (κ1) is 11.9. The molecule has 0 aliphatic carbocycles. The van der Waals surface area contributed by atoms with Crippen LogP contribution in [0.5, 0.6) is 0 Å². The monoisotopic (exact) mass is 239 g/mol. The van der Waals surface area contributed by atoms with E-state index in [0.717, 1.165) is 18.8 Å². The average Bonchev–Trinajstić information content (AvgIpc) is 2.73. The fraction of sp³-hybridized carbons (Fsp3) is 0.636. The molecule has 2 heterocycles. The Hall–Kier alpha value is -1.56. The van der Waals surface area contributed by atoms with Crippen LogP contribution in [0.1, 0.15) is 17.4 Å². The quantitative estimate of drug-likeness (QED) is 0.716. The van der Waals surface area contributed by atoms with E-state index in [9.17, 15) is 4.79 Å². The Morgan fingerprint density at radius 1 is 1.53 bits per heavy atom. The van der Waals surface area contributed by atoms with Crippen molar-refractivity contribution in [2.45, 2.75) is 6.92 Å². The molecule has 1 aromatic heterocycles. The van der Waals surface area contributed by atoms with Crippen LogP contribution < -0.4 is 4.90 Å². The molecule has 1 aromatic rings. The Bertz CT molecular complexity index is 397. The van der Waals surface area contributed by atoms with Gasteiger partial charge in [0.2, 0.25) is 0 Å². The molecule has 1 fully saturated rings. The lowest BCUT2D eigenvalue weighted by molar-refractivity contribution is 0.0513. The van der Waals surface area contributed by atoms with Crippen molar-refractivity contribution < 1.29 is 14.3 Å². The van der Waals surface area contributed by atoms with Gasteiger partial charge in [-0.25, -0.2) is 4.79 Å². The van der Waals surface area contributed by atoms with Crippen molar-refractivity contribution in [1.82, 2.24) is 9.78 Å². The molecule has 17 heavy (non-hydrogen) atoms. The lowest BCUT2D eigenvalue weighted by atomic mass is 10.3. The lowest BCUT2D eigenvalue weighted by Gasteiger charge is -2.28. The summed E-state index contributed by atoms with van der Waals surface area (Å²) in [4.78, 5) is 13.9. The van der Waals surface area contributed by atoms with Gasteiger partial charge in [-0.05, 0) is 6.92 Å². The van der Waals surface area contributed by atoms with Crippen molar-refractivity contribution in [1.29, 1.82) is 0 Å². The molecule has 2 rings (SSSR count). The summed E-state index contributed by atoms with van der Waals surface area (Å²) >= 11 is 0. The summed E-state index contributed by atoms with van der Waals surface area (Å²) in [5, 5.41) is 4.13. The second kappa shape index (κ2) is 5.18. The number of rotatable bonds is 3. The fourth-order valence-corrected chi connectivity index (χ4v) is 1.90. The summed E-state index contributed by atoms with van der Waals surface area (Å²) < 4.78 is 11.9. The van der Waals surface area contributed by atoms with E-state index in [1.54, 1.807) is 24.9 Å². The maximum atomic E-state index is 11.8. The molecule has 6 nitrogen and oxygen atoms in total. The third kappa shape index (κ3) is 2.41. The van der Waals surface area contributed by atoms with Gasteiger partial charge >= 0.3 is 5.97 Å². The molecule has 0 spiro atoms. The number of hydrogen-bond acceptors (Lipinski definition) is 5. The summed E-state index contributed by atoms with van der Waals surface area (Å²) in [6.07, 6.45) is 1.71. The van der Waals surface area contributed by atoms with E-state index in [1.165, 1.54) is 0 Å². The lowest BCUT2D eigenvalue weighted by Crippen LogP contribution is -2.37. The van der Waals surface area contributed by atoms with E-state index in [2.05, 4.69) is 10.00 Å². The van der Waals surface area contributed by atoms with Crippen molar-refractivity contribution >= 4 is 11.7 Å². The maximum absolute atomic E-state index is 11.8. The van der Waals surface area contributed by atoms with E-state index in [1.807, 2.05) is 0 Å². The van der Waals surface area contributed by atoms with Gasteiger partial charge < -0.3 is 14.4 Å². The number of carbonyl (C=O) groups excluding carboxylic acids is 1. The number of hydrogen-bond donors (Lipinski definition) is 0. The van der Waals surface area contributed by atoms with Crippen LogP contribution in [0.3, 0.4) is 0 Å². The second-order valence-corrected chi connectivity index (χ2v) is 3.82. The first-order valence-corrected chi connectivity index (χ1v) is 5.76. The predicted molar refractivity (Wildman–Crippen MR) is 62.2 cm³/mol. The van der Waals surface area contributed by atoms with Gasteiger partial charge in [-0.1, -0.05) is 0 Å². The molecule has 0 saturated carbocycles. The first-order chi connectivity index (χ1) is 8.24. The third-order valence-electron chi connectivity index (χ3n) is 2.74. The molecule has 0 N–H and O–H groups in total. The largest absolute Gasteiger partial charge is 0.461 e. The van der Waals surface area contributed by atoms with Crippen LogP contribution in [0.15, 0.2) is 6.20 Å². The standard InChI is InChI=1S/C11H17N3O3/c1-3-17-11(15)10-9(8-12-13(10)2)14-4-6-16-7-5-14/h8H,3-7H2,1-2H3. The van der Waals surface area contributed by atoms with Gasteiger partial charge in [-0.3, -0.25) is 4.68 Å². The number of morpholine rings is 1. The number of anilines is 1. The summed E-state index contributed by atoms with van der Waals surface area (Å²) in [6, 6.07) is 0. The van der Waals surface area contributed by atoms with Crippen LogP contribution in [0, 0.1) is 0 Å². The molecule has 6 heteroatoms. The number of ether oxygens (including phenoxy) is 2. The zero-order valence-corrected chi connectivity index (χ0v) is 10.2. The first-order valence-electron chi connectivity index (χ1n) is 5.76. The van der Waals surface area contributed by atoms with Crippen LogP contribution in [0.25, 0.3) is 0 Å². The van der Waals surface area contributed by atoms with Crippen LogP contribution in [0.4, 0.5) is 5.69 Å². The Morgan fingerprint density at radius 2 is 2.24 bits per heavy atom. The van der Waals surface area contributed by atoms with Gasteiger partial charge in [0.1, 0.15) is 0 Å². The summed E-state index contributed by atoms with van der Waals surface area (Å²) in [5.41, 5.74) is 1.34. The van der Waals surface area contributed by atoms with Crippen LogP contribution in [0.2, 0.25) is 0 Å². The fourth-order valence-electron chi connectivity index (χ4n) is 1.90. The Labute approximate surface area is 100 Å². The molecule has 0 atom stereocenters. The smallest absolute Gasteiger partial charge is 0.358 e. The summed E-state index contributed by atoms with van der Waals surface area (Å²) in [5.74, 6) is -0.325. The van der Waals surface area contributed by atoms with Crippen molar-refractivity contribution in [3.8, 4) is 0 Å². The molecular weight excluding hydrogens is 222 g/mol. The molecule has 1 aliphatic rings. The van der Waals surface area contributed by atoms with Gasteiger partial charge in [0, 0.05) is 20.1 Å². The zero-order chi connectivity index (χ0) is 12.3. The number of aromatic nitrogens is 2. The highest BCUT2D eigenvalue weighted by Gasteiger charge is 2.23. The minimum atomic E-state index is -0.325. The van der Waals surface area contributed by atoms with E-state index in [-0.39, 0.29) is 5.97 Å². The predicted octanol–water partition coefficient (Wildman–Crippen LogP) is 0.433. The van der Waals surface area contributed by atoms with E-state index in [0.29, 0.717) is 25.5 Å². The van der Waals surface area contributed by atoms with Gasteiger partial charge in [-0.2, -0.15) is 5.10 Å². The minimum absolute atomic E-state index is 0.325. The third-order valence-corrected chi connectivity index (χ3v) is 2.74. The van der Waals surface area contributed by atoms with Crippen LogP contribution in [-0.4, -0.2) is 48.7 Å². The molecule has 0 unspecified atom stereocenters. The summed E-state index contributed by atoms with van der Waals surface area (Å²) in [7, 11) is 1.75. The Morgan fingerprint density at radius 3 is 2.88 bits per heavy atom. The highest BCUT2D eigenvalue weighted by molar-refractivity contribution is 5.94. The topological polar surface area (TPSA) is 56.6 Å². The molecular formula is C11H17N3O3. The average molecular weight is 239 g/mol. The maximum Gasteiger partial charge on any atom is 0.358 e. The zero-order valence-electron chi connectivity index (χ0n) is 10.2. The highest BCUT2D eigenvalue weighted by atomic mass is 16.5. The van der Waals surface area contributed by atoms with Crippen molar-refractivity contribution in [3.05, 3.63) is 11.9 Å². The highest BCUT2D eigenvalue weighted by Crippen LogP contribution is 2.21. The van der Waals surface area contributed by atoms with Crippen molar-refractivity contribution in [3.63, 3.8) is 0 Å².